The maximum Gasteiger partial charge on any atom is 0.0982 e. The fourth-order valence-electron chi connectivity index (χ4n) is 0.477. The van der Waals surface area contributed by atoms with Crippen LogP contribution in [-0.4, -0.2) is 19.0 Å². The van der Waals surface area contributed by atoms with Gasteiger partial charge < -0.3 is 5.73 Å². The van der Waals surface area contributed by atoms with Gasteiger partial charge in [0.05, 0.1) is 12.5 Å². The lowest BCUT2D eigenvalue weighted by Gasteiger charge is -2.03. The van der Waals surface area contributed by atoms with Crippen molar-refractivity contribution in [3.8, 4) is 0 Å². The van der Waals surface area contributed by atoms with Crippen molar-refractivity contribution in [1.29, 1.82) is 0 Å². The Labute approximate surface area is 50.0 Å². The zero-order valence-electron chi connectivity index (χ0n) is 5.39. The molecule has 0 spiro atoms. The average Bonchev–Trinajstić information content (AvgIpc) is 1.68. The van der Waals surface area contributed by atoms with Gasteiger partial charge >= 0.3 is 0 Å². The SMILES string of the molecule is CCNC(C)N=CN. The number of hydrogen-bond acceptors (Lipinski definition) is 2. The smallest absolute Gasteiger partial charge is 0.0982 e. The lowest BCUT2D eigenvalue weighted by Crippen LogP contribution is -2.23. The first-order chi connectivity index (χ1) is 3.81. The Bertz CT molecular complexity index is 70.1. The summed E-state index contributed by atoms with van der Waals surface area (Å²) in [6, 6.07) is 0. The van der Waals surface area contributed by atoms with Gasteiger partial charge in [0.25, 0.3) is 0 Å². The van der Waals surface area contributed by atoms with Crippen LogP contribution in [0.25, 0.3) is 0 Å². The molecule has 3 N–H and O–H groups in total. The van der Waals surface area contributed by atoms with Gasteiger partial charge in [-0.2, -0.15) is 0 Å². The van der Waals surface area contributed by atoms with Crippen molar-refractivity contribution in [2.45, 2.75) is 20.0 Å². The molecule has 0 aliphatic rings. The predicted molar refractivity (Wildman–Crippen MR) is 35.8 cm³/mol. The molecule has 0 amide bonds. The molecule has 8 heavy (non-hydrogen) atoms. The van der Waals surface area contributed by atoms with E-state index in [0.717, 1.165) is 6.54 Å². The van der Waals surface area contributed by atoms with Crippen LogP contribution < -0.4 is 11.1 Å². The second-order valence-corrected chi connectivity index (χ2v) is 1.53. The van der Waals surface area contributed by atoms with Gasteiger partial charge in [-0.1, -0.05) is 6.92 Å². The Morgan fingerprint density at radius 1 is 1.88 bits per heavy atom. The number of nitrogens with two attached hydrogens (primary N) is 1. The van der Waals surface area contributed by atoms with Crippen LogP contribution in [0.5, 0.6) is 0 Å². The van der Waals surface area contributed by atoms with E-state index >= 15 is 0 Å². The molecule has 0 aliphatic heterocycles. The standard InChI is InChI=1S/C5H13N3/c1-3-7-5(2)8-4-6/h4-5,7H,3H2,1-2H3,(H2,6,8). The van der Waals surface area contributed by atoms with Gasteiger partial charge in [0, 0.05) is 0 Å². The largest absolute Gasteiger partial charge is 0.390 e. The lowest BCUT2D eigenvalue weighted by molar-refractivity contribution is 0.593. The molecule has 1 unspecified atom stereocenters. The minimum absolute atomic E-state index is 0.157. The minimum Gasteiger partial charge on any atom is -0.390 e. The van der Waals surface area contributed by atoms with Gasteiger partial charge in [0.15, 0.2) is 0 Å². The Hall–Kier alpha value is -0.570. The van der Waals surface area contributed by atoms with Crippen LogP contribution in [0, 0.1) is 0 Å². The molecule has 0 fully saturated rings. The number of nitrogens with zero attached hydrogens (tertiary/aromatic N) is 1. The summed E-state index contributed by atoms with van der Waals surface area (Å²) in [4.78, 5) is 3.86. The highest BCUT2D eigenvalue weighted by atomic mass is 15.1. The van der Waals surface area contributed by atoms with Crippen molar-refractivity contribution < 1.29 is 0 Å². The van der Waals surface area contributed by atoms with Gasteiger partial charge in [0.2, 0.25) is 0 Å². The van der Waals surface area contributed by atoms with E-state index in [4.69, 9.17) is 5.73 Å². The van der Waals surface area contributed by atoms with Crippen LogP contribution in [0.15, 0.2) is 4.99 Å². The molecular weight excluding hydrogens is 102 g/mol. The molecule has 0 aromatic heterocycles. The molecule has 0 saturated heterocycles. The molecule has 48 valence electrons. The highest BCUT2D eigenvalue weighted by Crippen LogP contribution is 1.77. The van der Waals surface area contributed by atoms with E-state index in [0.29, 0.717) is 0 Å². The van der Waals surface area contributed by atoms with Crippen LogP contribution in [-0.2, 0) is 0 Å². The molecule has 1 atom stereocenters. The van der Waals surface area contributed by atoms with Crippen LogP contribution in [0.4, 0.5) is 0 Å². The van der Waals surface area contributed by atoms with Crippen LogP contribution in [0.1, 0.15) is 13.8 Å². The first-order valence-electron chi connectivity index (χ1n) is 2.78. The van der Waals surface area contributed by atoms with E-state index < -0.39 is 0 Å². The first kappa shape index (κ1) is 7.43. The molecule has 0 aliphatic carbocycles. The van der Waals surface area contributed by atoms with Gasteiger partial charge in [-0.05, 0) is 13.5 Å². The monoisotopic (exact) mass is 115 g/mol. The summed E-state index contributed by atoms with van der Waals surface area (Å²) in [7, 11) is 0. The molecular formula is C5H13N3. The second-order valence-electron chi connectivity index (χ2n) is 1.53. The quantitative estimate of drug-likeness (QED) is 0.399. The topological polar surface area (TPSA) is 50.4 Å². The van der Waals surface area contributed by atoms with Crippen molar-refractivity contribution in [2.24, 2.45) is 10.7 Å². The number of hydrogen-bond donors (Lipinski definition) is 2. The Kier molecular flexibility index (Phi) is 4.26. The van der Waals surface area contributed by atoms with Gasteiger partial charge in [-0.15, -0.1) is 0 Å². The van der Waals surface area contributed by atoms with Gasteiger partial charge in [-0.25, -0.2) is 0 Å². The fourth-order valence-corrected chi connectivity index (χ4v) is 0.477. The summed E-state index contributed by atoms with van der Waals surface area (Å²) in [6.07, 6.45) is 1.47. The van der Waals surface area contributed by atoms with E-state index in [1.165, 1.54) is 6.34 Å². The maximum absolute atomic E-state index is 5.03. The van der Waals surface area contributed by atoms with Gasteiger partial charge in [0.1, 0.15) is 0 Å². The van der Waals surface area contributed by atoms with Crippen molar-refractivity contribution in [3.05, 3.63) is 0 Å². The normalized spacial score (nSPS) is 14.8. The Morgan fingerprint density at radius 3 is 2.88 bits per heavy atom. The summed E-state index contributed by atoms with van der Waals surface area (Å²) in [6.45, 7) is 4.91. The summed E-state index contributed by atoms with van der Waals surface area (Å²) in [5.74, 6) is 0. The predicted octanol–water partition coefficient (Wildman–Crippen LogP) is -0.0711. The lowest BCUT2D eigenvalue weighted by atomic mass is 10.5. The van der Waals surface area contributed by atoms with Gasteiger partial charge in [-0.3, -0.25) is 10.3 Å². The zero-order chi connectivity index (χ0) is 6.41. The van der Waals surface area contributed by atoms with E-state index in [-0.39, 0.29) is 6.17 Å². The molecule has 0 saturated carbocycles. The van der Waals surface area contributed by atoms with Crippen LogP contribution in [0.3, 0.4) is 0 Å². The van der Waals surface area contributed by atoms with Crippen molar-refractivity contribution in [1.82, 2.24) is 5.32 Å². The van der Waals surface area contributed by atoms with Crippen LogP contribution >= 0.6 is 0 Å². The highest BCUT2D eigenvalue weighted by molar-refractivity contribution is 5.51. The van der Waals surface area contributed by atoms with Crippen molar-refractivity contribution in [3.63, 3.8) is 0 Å². The molecule has 0 bridgehead atoms. The van der Waals surface area contributed by atoms with E-state index in [1.54, 1.807) is 0 Å². The third-order valence-electron chi connectivity index (χ3n) is 0.809. The first-order valence-corrected chi connectivity index (χ1v) is 2.78. The third-order valence-corrected chi connectivity index (χ3v) is 0.809. The summed E-state index contributed by atoms with van der Waals surface area (Å²) >= 11 is 0. The van der Waals surface area contributed by atoms with Crippen molar-refractivity contribution in [2.75, 3.05) is 6.54 Å². The molecule has 3 nitrogen and oxygen atoms in total. The van der Waals surface area contributed by atoms with E-state index in [9.17, 15) is 0 Å². The van der Waals surface area contributed by atoms with Crippen LogP contribution in [0.2, 0.25) is 0 Å². The molecule has 0 heterocycles. The molecule has 0 rings (SSSR count). The second kappa shape index (κ2) is 4.59. The molecule has 0 aromatic carbocycles. The molecule has 3 heteroatoms. The molecule has 0 radical (unpaired) electrons. The minimum atomic E-state index is 0.157. The zero-order valence-corrected chi connectivity index (χ0v) is 5.39. The maximum atomic E-state index is 5.03. The third kappa shape index (κ3) is 3.61. The number of rotatable bonds is 3. The highest BCUT2D eigenvalue weighted by Gasteiger charge is 1.88. The number of nitrogens with one attached hydrogen (secondary N) is 1. The number of aliphatic imine (C=N–C) groups is 1. The van der Waals surface area contributed by atoms with Crippen molar-refractivity contribution >= 4 is 6.34 Å². The van der Waals surface area contributed by atoms with E-state index in [1.807, 2.05) is 13.8 Å². The fraction of sp³-hybridized carbons (Fsp3) is 0.800. The summed E-state index contributed by atoms with van der Waals surface area (Å²) < 4.78 is 0. The Morgan fingerprint density at radius 2 is 2.50 bits per heavy atom. The average molecular weight is 115 g/mol. The Balaban J connectivity index is 3.17. The molecule has 0 aromatic rings. The summed E-state index contributed by atoms with van der Waals surface area (Å²) in [5, 5.41) is 3.07. The van der Waals surface area contributed by atoms with E-state index in [2.05, 4.69) is 10.3 Å². The summed E-state index contributed by atoms with van der Waals surface area (Å²) in [5.41, 5.74) is 5.03.